The fourth-order valence-corrected chi connectivity index (χ4v) is 5.15. The normalized spacial score (nSPS) is 13.7. The molecule has 6 rings (SSSR count). The van der Waals surface area contributed by atoms with Gasteiger partial charge in [-0.05, 0) is 59.5 Å². The first kappa shape index (κ1) is 22.1. The van der Waals surface area contributed by atoms with Gasteiger partial charge in [0.25, 0.3) is 5.91 Å². The number of nitrogens with one attached hydrogen (secondary N) is 1. The lowest BCUT2D eigenvalue weighted by molar-refractivity contribution is 0.0955. The SMILES string of the molecule is O=C(N/N=C\c1cn(Cc2cccc3ccccc23)c2ccccc12)c1ccc(N2CCCC2)cc1. The number of benzene rings is 4. The van der Waals surface area contributed by atoms with E-state index in [0.717, 1.165) is 36.1 Å². The molecule has 1 saturated heterocycles. The van der Waals surface area contributed by atoms with Crippen LogP contribution in [0.1, 0.15) is 34.3 Å². The molecule has 0 bridgehead atoms. The van der Waals surface area contributed by atoms with E-state index >= 15 is 0 Å². The number of hydrazone groups is 1. The van der Waals surface area contributed by atoms with E-state index in [0.29, 0.717) is 5.56 Å². The predicted molar refractivity (Wildman–Crippen MR) is 148 cm³/mol. The van der Waals surface area contributed by atoms with E-state index in [2.05, 4.69) is 86.9 Å². The fraction of sp³-hybridized carbons (Fsp3) is 0.161. The van der Waals surface area contributed by atoms with Gasteiger partial charge in [-0.25, -0.2) is 5.43 Å². The van der Waals surface area contributed by atoms with Gasteiger partial charge < -0.3 is 9.47 Å². The van der Waals surface area contributed by atoms with Gasteiger partial charge in [0.2, 0.25) is 0 Å². The van der Waals surface area contributed by atoms with Crippen molar-refractivity contribution in [2.45, 2.75) is 19.4 Å². The molecule has 2 heterocycles. The fourth-order valence-electron chi connectivity index (χ4n) is 5.15. The van der Waals surface area contributed by atoms with Gasteiger partial charge in [-0.3, -0.25) is 4.79 Å². The van der Waals surface area contributed by atoms with Crippen LogP contribution in [0.25, 0.3) is 21.7 Å². The molecule has 178 valence electrons. The highest BCUT2D eigenvalue weighted by atomic mass is 16.2. The number of carbonyl (C=O) groups is 1. The van der Waals surface area contributed by atoms with Crippen LogP contribution >= 0.6 is 0 Å². The van der Waals surface area contributed by atoms with Crippen molar-refractivity contribution >= 4 is 39.5 Å². The van der Waals surface area contributed by atoms with Crippen molar-refractivity contribution in [1.82, 2.24) is 9.99 Å². The number of carbonyl (C=O) groups excluding carboxylic acids is 1. The van der Waals surface area contributed by atoms with E-state index < -0.39 is 0 Å². The van der Waals surface area contributed by atoms with E-state index in [9.17, 15) is 4.79 Å². The van der Waals surface area contributed by atoms with Crippen LogP contribution in [-0.4, -0.2) is 29.8 Å². The molecule has 4 aromatic carbocycles. The Balaban J connectivity index is 1.21. The lowest BCUT2D eigenvalue weighted by Crippen LogP contribution is -2.19. The van der Waals surface area contributed by atoms with E-state index in [1.165, 1.54) is 34.9 Å². The minimum atomic E-state index is -0.210. The summed E-state index contributed by atoms with van der Waals surface area (Å²) >= 11 is 0. The summed E-state index contributed by atoms with van der Waals surface area (Å²) in [5.41, 5.74) is 7.84. The second-order valence-electron chi connectivity index (χ2n) is 9.31. The topological polar surface area (TPSA) is 49.6 Å². The van der Waals surface area contributed by atoms with E-state index in [1.807, 2.05) is 30.3 Å². The van der Waals surface area contributed by atoms with Gasteiger partial charge in [0.15, 0.2) is 0 Å². The average Bonchev–Trinajstić information content (AvgIpc) is 3.58. The molecule has 0 unspecified atom stereocenters. The Morgan fingerprint density at radius 3 is 2.39 bits per heavy atom. The molecule has 1 N–H and O–H groups in total. The van der Waals surface area contributed by atoms with Crippen molar-refractivity contribution in [2.75, 3.05) is 18.0 Å². The molecule has 0 saturated carbocycles. The third kappa shape index (κ3) is 4.36. The van der Waals surface area contributed by atoms with Crippen molar-refractivity contribution in [3.05, 3.63) is 114 Å². The Labute approximate surface area is 210 Å². The summed E-state index contributed by atoms with van der Waals surface area (Å²) in [4.78, 5) is 15.0. The molecule has 0 spiro atoms. The molecule has 5 aromatic rings. The van der Waals surface area contributed by atoms with Crippen molar-refractivity contribution < 1.29 is 4.79 Å². The van der Waals surface area contributed by atoms with Gasteiger partial charge in [-0.1, -0.05) is 60.7 Å². The highest BCUT2D eigenvalue weighted by Crippen LogP contribution is 2.25. The monoisotopic (exact) mass is 472 g/mol. The molecule has 0 atom stereocenters. The van der Waals surface area contributed by atoms with Crippen LogP contribution in [0.4, 0.5) is 5.69 Å². The van der Waals surface area contributed by atoms with Gasteiger partial charge in [0.1, 0.15) is 0 Å². The van der Waals surface area contributed by atoms with Crippen LogP contribution in [0.3, 0.4) is 0 Å². The smallest absolute Gasteiger partial charge is 0.271 e. The number of amides is 1. The number of aromatic nitrogens is 1. The van der Waals surface area contributed by atoms with Crippen LogP contribution in [-0.2, 0) is 6.54 Å². The predicted octanol–water partition coefficient (Wildman–Crippen LogP) is 6.21. The minimum absolute atomic E-state index is 0.210. The maximum Gasteiger partial charge on any atom is 0.271 e. The molecule has 1 aliphatic heterocycles. The highest BCUT2D eigenvalue weighted by molar-refractivity contribution is 6.01. The number of rotatable bonds is 6. The average molecular weight is 473 g/mol. The number of fused-ring (bicyclic) bond motifs is 2. The van der Waals surface area contributed by atoms with E-state index in [-0.39, 0.29) is 5.91 Å². The second-order valence-corrected chi connectivity index (χ2v) is 9.31. The zero-order chi connectivity index (χ0) is 24.3. The van der Waals surface area contributed by atoms with Crippen molar-refractivity contribution in [3.63, 3.8) is 0 Å². The third-order valence-corrected chi connectivity index (χ3v) is 7.01. The summed E-state index contributed by atoms with van der Waals surface area (Å²) in [6, 6.07) is 31.0. The zero-order valence-corrected chi connectivity index (χ0v) is 20.1. The van der Waals surface area contributed by atoms with Crippen molar-refractivity contribution in [1.29, 1.82) is 0 Å². The highest BCUT2D eigenvalue weighted by Gasteiger charge is 2.13. The van der Waals surface area contributed by atoms with Crippen molar-refractivity contribution in [2.24, 2.45) is 5.10 Å². The standard InChI is InChI=1S/C31H28N4O/c36-31(24-14-16-27(17-15-24)34-18-5-6-19-34)33-32-20-26-22-35(30-13-4-3-12-29(26)30)21-25-10-7-9-23-8-1-2-11-28(23)25/h1-4,7-17,20,22H,5-6,18-19,21H2,(H,33,36)/b32-20-. The van der Waals surface area contributed by atoms with Crippen LogP contribution in [0, 0.1) is 0 Å². The van der Waals surface area contributed by atoms with Gasteiger partial charge in [0, 0.05) is 53.5 Å². The maximum atomic E-state index is 12.7. The van der Waals surface area contributed by atoms with Crippen LogP contribution in [0.5, 0.6) is 0 Å². The van der Waals surface area contributed by atoms with Gasteiger partial charge in [-0.15, -0.1) is 0 Å². The van der Waals surface area contributed by atoms with Crippen LogP contribution in [0.15, 0.2) is 102 Å². The maximum absolute atomic E-state index is 12.7. The minimum Gasteiger partial charge on any atom is -0.372 e. The second kappa shape index (κ2) is 9.70. The van der Waals surface area contributed by atoms with Gasteiger partial charge in [0.05, 0.1) is 6.21 Å². The first-order valence-corrected chi connectivity index (χ1v) is 12.5. The third-order valence-electron chi connectivity index (χ3n) is 7.01. The molecular weight excluding hydrogens is 444 g/mol. The summed E-state index contributed by atoms with van der Waals surface area (Å²) < 4.78 is 2.25. The van der Waals surface area contributed by atoms with Gasteiger partial charge in [-0.2, -0.15) is 5.10 Å². The van der Waals surface area contributed by atoms with Gasteiger partial charge >= 0.3 is 0 Å². The summed E-state index contributed by atoms with van der Waals surface area (Å²) in [7, 11) is 0. The first-order chi connectivity index (χ1) is 17.8. The summed E-state index contributed by atoms with van der Waals surface area (Å²) in [6.07, 6.45) is 6.30. The first-order valence-electron chi connectivity index (χ1n) is 12.5. The molecule has 0 aliphatic carbocycles. The summed E-state index contributed by atoms with van der Waals surface area (Å²) in [6.45, 7) is 2.93. The van der Waals surface area contributed by atoms with E-state index in [4.69, 9.17) is 0 Å². The van der Waals surface area contributed by atoms with Crippen LogP contribution in [0.2, 0.25) is 0 Å². The molecule has 1 amide bonds. The lowest BCUT2D eigenvalue weighted by Gasteiger charge is -2.17. The van der Waals surface area contributed by atoms with Crippen molar-refractivity contribution in [3.8, 4) is 0 Å². The van der Waals surface area contributed by atoms with E-state index in [1.54, 1.807) is 6.21 Å². The number of para-hydroxylation sites is 1. The molecule has 1 aliphatic rings. The van der Waals surface area contributed by atoms with Crippen LogP contribution < -0.4 is 10.3 Å². The Kier molecular flexibility index (Phi) is 5.96. The molecule has 0 radical (unpaired) electrons. The molecule has 1 fully saturated rings. The Bertz CT molecular complexity index is 1550. The quantitative estimate of drug-likeness (QED) is 0.236. The molecule has 5 nitrogen and oxygen atoms in total. The molecular formula is C31H28N4O. The zero-order valence-electron chi connectivity index (χ0n) is 20.1. The molecule has 36 heavy (non-hydrogen) atoms. The lowest BCUT2D eigenvalue weighted by atomic mass is 10.0. The Hall–Kier alpha value is -4.38. The number of hydrogen-bond acceptors (Lipinski definition) is 3. The Morgan fingerprint density at radius 1 is 0.833 bits per heavy atom. The number of anilines is 1. The molecule has 5 heteroatoms. The Morgan fingerprint density at radius 2 is 1.56 bits per heavy atom. The number of hydrogen-bond donors (Lipinski definition) is 1. The molecule has 1 aromatic heterocycles. The summed E-state index contributed by atoms with van der Waals surface area (Å²) in [5.74, 6) is -0.210. The number of nitrogens with zero attached hydrogens (tertiary/aromatic N) is 3. The largest absolute Gasteiger partial charge is 0.372 e. The summed E-state index contributed by atoms with van der Waals surface area (Å²) in [5, 5.41) is 7.89.